The van der Waals surface area contributed by atoms with E-state index in [2.05, 4.69) is 43.9 Å². The standard InChI is InChI=1S/C17H26N2O/c1-4-5-6-17(20)19-9-7-18(8-10-19)16-12-14(2)11-15(3)13-16/h11-13H,4-10H2,1-3H3. The quantitative estimate of drug-likeness (QED) is 0.842. The molecular weight excluding hydrogens is 248 g/mol. The first-order chi connectivity index (χ1) is 9.60. The fourth-order valence-electron chi connectivity index (χ4n) is 2.83. The molecule has 1 aromatic rings. The number of rotatable bonds is 4. The summed E-state index contributed by atoms with van der Waals surface area (Å²) in [5.74, 6) is 0.326. The predicted molar refractivity (Wildman–Crippen MR) is 84.2 cm³/mol. The molecule has 0 bridgehead atoms. The first-order valence-corrected chi connectivity index (χ1v) is 7.71. The van der Waals surface area contributed by atoms with E-state index in [4.69, 9.17) is 0 Å². The number of amides is 1. The van der Waals surface area contributed by atoms with Crippen molar-refractivity contribution in [1.29, 1.82) is 0 Å². The van der Waals surface area contributed by atoms with Crippen LogP contribution in [0, 0.1) is 13.8 Å². The van der Waals surface area contributed by atoms with Crippen molar-refractivity contribution in [1.82, 2.24) is 4.90 Å². The molecule has 1 aliphatic rings. The van der Waals surface area contributed by atoms with Crippen molar-refractivity contribution in [3.05, 3.63) is 29.3 Å². The van der Waals surface area contributed by atoms with Crippen molar-refractivity contribution >= 4 is 11.6 Å². The molecule has 0 aliphatic carbocycles. The second kappa shape index (κ2) is 6.78. The molecule has 0 N–H and O–H groups in total. The van der Waals surface area contributed by atoms with E-state index in [0.717, 1.165) is 39.0 Å². The second-order valence-electron chi connectivity index (χ2n) is 5.82. The largest absolute Gasteiger partial charge is 0.368 e. The third-order valence-corrected chi connectivity index (χ3v) is 3.95. The van der Waals surface area contributed by atoms with Gasteiger partial charge in [-0.15, -0.1) is 0 Å². The minimum absolute atomic E-state index is 0.326. The number of hydrogen-bond acceptors (Lipinski definition) is 2. The Morgan fingerprint density at radius 1 is 1.05 bits per heavy atom. The minimum Gasteiger partial charge on any atom is -0.368 e. The van der Waals surface area contributed by atoms with E-state index in [-0.39, 0.29) is 0 Å². The summed E-state index contributed by atoms with van der Waals surface area (Å²) in [6.07, 6.45) is 2.81. The van der Waals surface area contributed by atoms with Crippen LogP contribution in [0.15, 0.2) is 18.2 Å². The summed E-state index contributed by atoms with van der Waals surface area (Å²) in [6.45, 7) is 10.0. The molecule has 2 rings (SSSR count). The Hall–Kier alpha value is -1.51. The molecule has 20 heavy (non-hydrogen) atoms. The van der Waals surface area contributed by atoms with E-state index < -0.39 is 0 Å². The highest BCUT2D eigenvalue weighted by Gasteiger charge is 2.20. The van der Waals surface area contributed by atoms with E-state index in [1.165, 1.54) is 16.8 Å². The van der Waals surface area contributed by atoms with Crippen LogP contribution in [0.3, 0.4) is 0 Å². The van der Waals surface area contributed by atoms with Crippen LogP contribution in [-0.2, 0) is 4.79 Å². The van der Waals surface area contributed by atoms with Crippen molar-refractivity contribution < 1.29 is 4.79 Å². The number of carbonyl (C=O) groups is 1. The van der Waals surface area contributed by atoms with Crippen LogP contribution in [-0.4, -0.2) is 37.0 Å². The van der Waals surface area contributed by atoms with Crippen LogP contribution in [0.2, 0.25) is 0 Å². The molecule has 1 aromatic carbocycles. The van der Waals surface area contributed by atoms with Gasteiger partial charge < -0.3 is 9.80 Å². The minimum atomic E-state index is 0.326. The summed E-state index contributed by atoms with van der Waals surface area (Å²) in [5.41, 5.74) is 3.91. The van der Waals surface area contributed by atoms with E-state index in [1.54, 1.807) is 0 Å². The zero-order chi connectivity index (χ0) is 14.5. The van der Waals surface area contributed by atoms with Crippen LogP contribution >= 0.6 is 0 Å². The monoisotopic (exact) mass is 274 g/mol. The lowest BCUT2D eigenvalue weighted by atomic mass is 10.1. The average molecular weight is 274 g/mol. The first kappa shape index (κ1) is 14.9. The van der Waals surface area contributed by atoms with Gasteiger partial charge in [-0.3, -0.25) is 4.79 Å². The van der Waals surface area contributed by atoms with Gasteiger partial charge in [-0.1, -0.05) is 19.4 Å². The number of hydrogen-bond donors (Lipinski definition) is 0. The van der Waals surface area contributed by atoms with Crippen molar-refractivity contribution in [3.8, 4) is 0 Å². The highest BCUT2D eigenvalue weighted by Crippen LogP contribution is 2.20. The number of anilines is 1. The summed E-state index contributed by atoms with van der Waals surface area (Å²) in [6, 6.07) is 6.68. The molecule has 0 radical (unpaired) electrons. The summed E-state index contributed by atoms with van der Waals surface area (Å²) in [4.78, 5) is 16.4. The van der Waals surface area contributed by atoms with Gasteiger partial charge in [0.05, 0.1) is 0 Å². The lowest BCUT2D eigenvalue weighted by Gasteiger charge is -2.36. The molecular formula is C17H26N2O. The summed E-state index contributed by atoms with van der Waals surface area (Å²) < 4.78 is 0. The molecule has 0 saturated carbocycles. The molecule has 1 aliphatic heterocycles. The van der Waals surface area contributed by atoms with Crippen LogP contribution < -0.4 is 4.90 Å². The Labute approximate surface area is 122 Å². The summed E-state index contributed by atoms with van der Waals surface area (Å²) >= 11 is 0. The number of piperazine rings is 1. The maximum absolute atomic E-state index is 12.0. The Bertz CT molecular complexity index is 442. The van der Waals surface area contributed by atoms with E-state index in [9.17, 15) is 4.79 Å². The maximum Gasteiger partial charge on any atom is 0.222 e. The van der Waals surface area contributed by atoms with Gasteiger partial charge >= 0.3 is 0 Å². The van der Waals surface area contributed by atoms with Crippen LogP contribution in [0.5, 0.6) is 0 Å². The second-order valence-corrected chi connectivity index (χ2v) is 5.82. The molecule has 0 spiro atoms. The predicted octanol–water partition coefficient (Wildman–Crippen LogP) is 3.14. The Morgan fingerprint density at radius 3 is 2.20 bits per heavy atom. The molecule has 1 amide bonds. The SMILES string of the molecule is CCCCC(=O)N1CCN(c2cc(C)cc(C)c2)CC1. The molecule has 1 heterocycles. The zero-order valence-corrected chi connectivity index (χ0v) is 13.0. The van der Waals surface area contributed by atoms with E-state index in [0.29, 0.717) is 12.3 Å². The van der Waals surface area contributed by atoms with Gasteiger partial charge in [0.1, 0.15) is 0 Å². The fourth-order valence-corrected chi connectivity index (χ4v) is 2.83. The molecule has 3 nitrogen and oxygen atoms in total. The lowest BCUT2D eigenvalue weighted by Crippen LogP contribution is -2.48. The highest BCUT2D eigenvalue weighted by atomic mass is 16.2. The number of aryl methyl sites for hydroxylation is 2. The number of carbonyl (C=O) groups excluding carboxylic acids is 1. The fraction of sp³-hybridized carbons (Fsp3) is 0.588. The molecule has 110 valence electrons. The Morgan fingerprint density at radius 2 is 1.65 bits per heavy atom. The van der Waals surface area contributed by atoms with Gasteiger partial charge in [0.2, 0.25) is 5.91 Å². The molecule has 1 saturated heterocycles. The summed E-state index contributed by atoms with van der Waals surface area (Å²) in [5, 5.41) is 0. The zero-order valence-electron chi connectivity index (χ0n) is 13.0. The molecule has 0 unspecified atom stereocenters. The van der Waals surface area contributed by atoms with Crippen LogP contribution in [0.25, 0.3) is 0 Å². The average Bonchev–Trinajstić information content (AvgIpc) is 2.44. The normalized spacial score (nSPS) is 15.6. The van der Waals surface area contributed by atoms with Gasteiger partial charge in [-0.05, 0) is 43.5 Å². The number of nitrogens with zero attached hydrogens (tertiary/aromatic N) is 2. The topological polar surface area (TPSA) is 23.6 Å². The molecule has 1 fully saturated rings. The van der Waals surface area contributed by atoms with Crippen molar-refractivity contribution in [2.24, 2.45) is 0 Å². The van der Waals surface area contributed by atoms with Gasteiger partial charge in [0, 0.05) is 38.3 Å². The summed E-state index contributed by atoms with van der Waals surface area (Å²) in [7, 11) is 0. The molecule has 0 atom stereocenters. The number of unbranched alkanes of at least 4 members (excludes halogenated alkanes) is 1. The van der Waals surface area contributed by atoms with Gasteiger partial charge in [0.15, 0.2) is 0 Å². The highest BCUT2D eigenvalue weighted by molar-refractivity contribution is 5.76. The van der Waals surface area contributed by atoms with E-state index >= 15 is 0 Å². The van der Waals surface area contributed by atoms with Gasteiger partial charge in [-0.25, -0.2) is 0 Å². The van der Waals surface area contributed by atoms with Crippen LogP contribution in [0.1, 0.15) is 37.3 Å². The van der Waals surface area contributed by atoms with Crippen LogP contribution in [0.4, 0.5) is 5.69 Å². The smallest absolute Gasteiger partial charge is 0.222 e. The molecule has 3 heteroatoms. The van der Waals surface area contributed by atoms with Gasteiger partial charge in [-0.2, -0.15) is 0 Å². The lowest BCUT2D eigenvalue weighted by molar-refractivity contribution is -0.131. The Balaban J connectivity index is 1.92. The molecule has 0 aromatic heterocycles. The number of benzene rings is 1. The Kier molecular flexibility index (Phi) is 5.05. The van der Waals surface area contributed by atoms with Crippen molar-refractivity contribution in [2.75, 3.05) is 31.1 Å². The maximum atomic E-state index is 12.0. The third kappa shape index (κ3) is 3.75. The van der Waals surface area contributed by atoms with Gasteiger partial charge in [0.25, 0.3) is 0 Å². The first-order valence-electron chi connectivity index (χ1n) is 7.71. The van der Waals surface area contributed by atoms with E-state index in [1.807, 2.05) is 4.90 Å². The van der Waals surface area contributed by atoms with Crippen molar-refractivity contribution in [2.45, 2.75) is 40.0 Å². The van der Waals surface area contributed by atoms with Crippen molar-refractivity contribution in [3.63, 3.8) is 0 Å². The third-order valence-electron chi connectivity index (χ3n) is 3.95.